The summed E-state index contributed by atoms with van der Waals surface area (Å²) in [4.78, 5) is 0. The molecule has 93 valence electrons. The summed E-state index contributed by atoms with van der Waals surface area (Å²) < 4.78 is 4.59. The van der Waals surface area contributed by atoms with Crippen molar-refractivity contribution in [3.8, 4) is 0 Å². The van der Waals surface area contributed by atoms with Crippen LogP contribution in [0.25, 0.3) is 0 Å². The first-order valence-corrected chi connectivity index (χ1v) is 10.8. The normalized spacial score (nSPS) is 10.6. The van der Waals surface area contributed by atoms with Crippen LogP contribution in [-0.2, 0) is 0 Å². The van der Waals surface area contributed by atoms with E-state index in [1.165, 1.54) is 10.7 Å². The van der Waals surface area contributed by atoms with Crippen LogP contribution in [0.1, 0.15) is 1.43 Å². The molecule has 3 rings (SSSR count). The van der Waals surface area contributed by atoms with Gasteiger partial charge in [-0.05, 0) is 0 Å². The molecular formula is C18H16Sn-. The molecule has 0 spiro atoms. The molecule has 0 aromatic heterocycles. The first kappa shape index (κ1) is 12.5. The van der Waals surface area contributed by atoms with Crippen LogP contribution in [0.2, 0.25) is 0 Å². The van der Waals surface area contributed by atoms with Crippen LogP contribution in [0.3, 0.4) is 0 Å². The van der Waals surface area contributed by atoms with Crippen molar-refractivity contribution in [3.63, 3.8) is 0 Å². The van der Waals surface area contributed by atoms with Crippen LogP contribution < -0.4 is 10.7 Å². The van der Waals surface area contributed by atoms with E-state index in [4.69, 9.17) is 0 Å². The predicted octanol–water partition coefficient (Wildman–Crippen LogP) is 2.32. The molecule has 0 saturated heterocycles. The van der Waals surface area contributed by atoms with Gasteiger partial charge >= 0.3 is 121 Å². The van der Waals surface area contributed by atoms with Crippen molar-refractivity contribution in [2.45, 2.75) is 0 Å². The van der Waals surface area contributed by atoms with Crippen molar-refractivity contribution < 1.29 is 1.43 Å². The summed E-state index contributed by atoms with van der Waals surface area (Å²) >= 11 is -1.98. The molecule has 0 atom stereocenters. The minimum absolute atomic E-state index is 0. The average molecular weight is 351 g/mol. The zero-order valence-electron chi connectivity index (χ0n) is 11.7. The van der Waals surface area contributed by atoms with Crippen molar-refractivity contribution in [3.05, 3.63) is 91.0 Å². The Bertz CT molecular complexity index is 529. The SMILES string of the molecule is [H-].c1cc[c]([Sn]([c]2ccccc2)[c]2ccccc2)cc1. The Hall–Kier alpha value is -1.54. The molecule has 3 aromatic rings. The number of benzene rings is 3. The van der Waals surface area contributed by atoms with Crippen LogP contribution in [0.5, 0.6) is 0 Å². The molecule has 19 heavy (non-hydrogen) atoms. The van der Waals surface area contributed by atoms with Crippen molar-refractivity contribution in [2.75, 3.05) is 0 Å². The molecule has 0 amide bonds. The van der Waals surface area contributed by atoms with Gasteiger partial charge in [-0.15, -0.1) is 0 Å². The Balaban J connectivity index is 0.00000147. The van der Waals surface area contributed by atoms with E-state index in [0.29, 0.717) is 0 Å². The van der Waals surface area contributed by atoms with Gasteiger partial charge in [0.2, 0.25) is 0 Å². The van der Waals surface area contributed by atoms with Crippen LogP contribution in [-0.4, -0.2) is 19.8 Å². The van der Waals surface area contributed by atoms with Crippen LogP contribution in [0.15, 0.2) is 91.0 Å². The molecule has 0 nitrogen and oxygen atoms in total. The maximum absolute atomic E-state index is 2.29. The second-order valence-electron chi connectivity index (χ2n) is 4.47. The van der Waals surface area contributed by atoms with Gasteiger partial charge in [-0.25, -0.2) is 0 Å². The monoisotopic (exact) mass is 352 g/mol. The van der Waals surface area contributed by atoms with Gasteiger partial charge in [0.15, 0.2) is 0 Å². The Morgan fingerprint density at radius 2 is 0.684 bits per heavy atom. The van der Waals surface area contributed by atoms with Gasteiger partial charge < -0.3 is 1.43 Å². The van der Waals surface area contributed by atoms with Gasteiger partial charge in [0.25, 0.3) is 0 Å². The number of hydrogen-bond acceptors (Lipinski definition) is 0. The quantitative estimate of drug-likeness (QED) is 0.636. The molecule has 0 aliphatic heterocycles. The Kier molecular flexibility index (Phi) is 3.99. The standard InChI is InChI=1S/3C6H5.Sn.H/c3*1-2-4-6-5-3-1;;/h3*1-5H;;/q;;;;-1. The first-order chi connectivity index (χ1) is 9.45. The summed E-state index contributed by atoms with van der Waals surface area (Å²) in [5.74, 6) is 0. The molecule has 0 bridgehead atoms. The van der Waals surface area contributed by atoms with Crippen LogP contribution >= 0.6 is 0 Å². The van der Waals surface area contributed by atoms with E-state index in [9.17, 15) is 0 Å². The van der Waals surface area contributed by atoms with E-state index in [1.807, 2.05) is 0 Å². The maximum atomic E-state index is 2.29. The molecule has 1 radical (unpaired) electrons. The molecule has 0 saturated carbocycles. The molecular weight excluding hydrogens is 335 g/mol. The van der Waals surface area contributed by atoms with E-state index in [0.717, 1.165) is 0 Å². The molecule has 0 unspecified atom stereocenters. The fourth-order valence-corrected chi connectivity index (χ4v) is 9.67. The summed E-state index contributed by atoms with van der Waals surface area (Å²) in [6, 6.07) is 32.9. The fourth-order valence-electron chi connectivity index (χ4n) is 2.31. The summed E-state index contributed by atoms with van der Waals surface area (Å²) in [7, 11) is 0. The van der Waals surface area contributed by atoms with Gasteiger partial charge in [0, 0.05) is 0 Å². The van der Waals surface area contributed by atoms with Crippen LogP contribution in [0, 0.1) is 0 Å². The molecule has 0 aliphatic rings. The van der Waals surface area contributed by atoms with E-state index in [2.05, 4.69) is 91.0 Å². The topological polar surface area (TPSA) is 0 Å². The second-order valence-corrected chi connectivity index (χ2v) is 11.6. The molecule has 1 heteroatoms. The fraction of sp³-hybridized carbons (Fsp3) is 0. The van der Waals surface area contributed by atoms with Crippen LogP contribution in [0.4, 0.5) is 0 Å². The average Bonchev–Trinajstić information content (AvgIpc) is 2.51. The molecule has 3 aromatic carbocycles. The van der Waals surface area contributed by atoms with Gasteiger partial charge in [-0.2, -0.15) is 0 Å². The van der Waals surface area contributed by atoms with E-state index in [1.54, 1.807) is 0 Å². The Morgan fingerprint density at radius 3 is 0.947 bits per heavy atom. The van der Waals surface area contributed by atoms with Crippen molar-refractivity contribution in [1.82, 2.24) is 0 Å². The van der Waals surface area contributed by atoms with Crippen molar-refractivity contribution in [1.29, 1.82) is 0 Å². The van der Waals surface area contributed by atoms with Gasteiger partial charge in [0.05, 0.1) is 0 Å². The van der Waals surface area contributed by atoms with Gasteiger partial charge in [-0.1, -0.05) is 0 Å². The van der Waals surface area contributed by atoms with Crippen molar-refractivity contribution >= 4 is 30.5 Å². The van der Waals surface area contributed by atoms with Gasteiger partial charge in [0.1, 0.15) is 0 Å². The Labute approximate surface area is 123 Å². The summed E-state index contributed by atoms with van der Waals surface area (Å²) in [6.45, 7) is 0. The van der Waals surface area contributed by atoms with E-state index >= 15 is 0 Å². The van der Waals surface area contributed by atoms with Crippen molar-refractivity contribution in [2.24, 2.45) is 0 Å². The van der Waals surface area contributed by atoms with E-state index < -0.39 is 19.8 Å². The number of rotatable bonds is 3. The van der Waals surface area contributed by atoms with E-state index in [-0.39, 0.29) is 1.43 Å². The molecule has 0 fully saturated rings. The van der Waals surface area contributed by atoms with Gasteiger partial charge in [-0.3, -0.25) is 0 Å². The predicted molar refractivity (Wildman–Crippen MR) is 85.1 cm³/mol. The molecule has 0 N–H and O–H groups in total. The third-order valence-corrected chi connectivity index (χ3v) is 11.0. The summed E-state index contributed by atoms with van der Waals surface area (Å²) in [6.07, 6.45) is 0. The first-order valence-electron chi connectivity index (χ1n) is 6.48. The molecule has 0 heterocycles. The molecule has 0 aliphatic carbocycles. The third-order valence-electron chi connectivity index (χ3n) is 3.19. The second kappa shape index (κ2) is 6.07. The zero-order chi connectivity index (χ0) is 12.9. The zero-order valence-corrected chi connectivity index (χ0v) is 13.5. The summed E-state index contributed by atoms with van der Waals surface area (Å²) in [5, 5.41) is 0. The number of hydrogen-bond donors (Lipinski definition) is 0. The summed E-state index contributed by atoms with van der Waals surface area (Å²) in [5.41, 5.74) is 0. The third kappa shape index (κ3) is 2.90. The minimum atomic E-state index is -1.98. The Morgan fingerprint density at radius 1 is 0.421 bits per heavy atom.